The molecule has 1 amide bonds. The molecular weight excluding hydrogens is 413 g/mol. The van der Waals surface area contributed by atoms with Crippen LogP contribution in [0.25, 0.3) is 11.3 Å². The fraction of sp³-hybridized carbons (Fsp3) is 0.353. The van der Waals surface area contributed by atoms with Crippen molar-refractivity contribution in [3.05, 3.63) is 47.4 Å². The molecule has 4 heterocycles. The van der Waals surface area contributed by atoms with Crippen LogP contribution in [0.15, 0.2) is 24.4 Å². The molecule has 158 valence electrons. The van der Waals surface area contributed by atoms with Crippen LogP contribution in [-0.4, -0.2) is 35.4 Å². The Morgan fingerprint density at radius 1 is 1.27 bits per heavy atom. The number of aromatic nitrogens is 6. The van der Waals surface area contributed by atoms with Gasteiger partial charge < -0.3 is 5.32 Å². The highest BCUT2D eigenvalue weighted by atomic mass is 19.4. The van der Waals surface area contributed by atoms with Crippen molar-refractivity contribution >= 4 is 5.91 Å². The number of amides is 1. The van der Waals surface area contributed by atoms with E-state index < -0.39 is 36.1 Å². The van der Waals surface area contributed by atoms with E-state index in [1.54, 1.807) is 10.7 Å². The summed E-state index contributed by atoms with van der Waals surface area (Å²) in [5, 5.41) is 10.5. The van der Waals surface area contributed by atoms with Gasteiger partial charge in [0.1, 0.15) is 5.69 Å². The number of nitrogens with zero attached hydrogens (tertiary/aromatic N) is 6. The molecule has 0 spiro atoms. The standard InChI is InChI=1S/C17H14F5N7O/c1-28-15(25-14(27-28)13(18)19)16(30)24-9-3-5-29-11(9)7-10(26-29)8-2-4-23-12(6-8)17(20,21)22/h2,4,6-7,9,13H,3,5H2,1H3,(H,24,30)/t9-/m0/s1. The van der Waals surface area contributed by atoms with Gasteiger partial charge in [-0.05, 0) is 24.6 Å². The van der Waals surface area contributed by atoms with Crippen molar-refractivity contribution in [3.8, 4) is 11.3 Å². The van der Waals surface area contributed by atoms with E-state index >= 15 is 0 Å². The average molecular weight is 427 g/mol. The van der Waals surface area contributed by atoms with Gasteiger partial charge in [0.05, 0.1) is 17.4 Å². The summed E-state index contributed by atoms with van der Waals surface area (Å²) >= 11 is 0. The topological polar surface area (TPSA) is 90.5 Å². The molecule has 0 radical (unpaired) electrons. The molecule has 0 saturated heterocycles. The van der Waals surface area contributed by atoms with Gasteiger partial charge in [-0.3, -0.25) is 14.5 Å². The van der Waals surface area contributed by atoms with E-state index in [0.29, 0.717) is 24.4 Å². The predicted molar refractivity (Wildman–Crippen MR) is 91.2 cm³/mol. The number of aryl methyl sites for hydroxylation is 2. The minimum absolute atomic E-state index is 0.235. The van der Waals surface area contributed by atoms with Crippen LogP contribution in [-0.2, 0) is 19.8 Å². The van der Waals surface area contributed by atoms with Gasteiger partial charge in [0.15, 0.2) is 0 Å². The molecule has 1 atom stereocenters. The quantitative estimate of drug-likeness (QED) is 0.647. The molecular formula is C17H14F5N7O. The van der Waals surface area contributed by atoms with Gasteiger partial charge >= 0.3 is 6.18 Å². The summed E-state index contributed by atoms with van der Waals surface area (Å²) < 4.78 is 66.7. The summed E-state index contributed by atoms with van der Waals surface area (Å²) in [5.74, 6) is -1.71. The zero-order valence-corrected chi connectivity index (χ0v) is 15.4. The molecule has 1 aliphatic rings. The molecule has 0 aromatic carbocycles. The van der Waals surface area contributed by atoms with Crippen molar-refractivity contribution in [2.75, 3.05) is 0 Å². The molecule has 3 aromatic rings. The molecule has 8 nitrogen and oxygen atoms in total. The van der Waals surface area contributed by atoms with Crippen LogP contribution in [0.1, 0.15) is 46.7 Å². The first-order chi connectivity index (χ1) is 14.1. The van der Waals surface area contributed by atoms with Crippen LogP contribution in [0.2, 0.25) is 0 Å². The molecule has 0 fully saturated rings. The van der Waals surface area contributed by atoms with Gasteiger partial charge in [0.25, 0.3) is 12.3 Å². The number of pyridine rings is 1. The Labute approximate surface area is 165 Å². The summed E-state index contributed by atoms with van der Waals surface area (Å²) in [6, 6.07) is 3.38. The zero-order valence-electron chi connectivity index (χ0n) is 15.4. The third kappa shape index (κ3) is 3.62. The lowest BCUT2D eigenvalue weighted by molar-refractivity contribution is -0.141. The second kappa shape index (κ2) is 7.15. The normalized spacial score (nSPS) is 16.2. The number of nitrogens with one attached hydrogen (secondary N) is 1. The maximum Gasteiger partial charge on any atom is 0.433 e. The second-order valence-electron chi connectivity index (χ2n) is 6.64. The molecule has 1 N–H and O–H groups in total. The summed E-state index contributed by atoms with van der Waals surface area (Å²) in [7, 11) is 1.33. The third-order valence-corrected chi connectivity index (χ3v) is 4.63. The minimum atomic E-state index is -4.58. The van der Waals surface area contributed by atoms with E-state index in [0.717, 1.165) is 16.9 Å². The highest BCUT2D eigenvalue weighted by Gasteiger charge is 2.33. The fourth-order valence-electron chi connectivity index (χ4n) is 3.24. The SMILES string of the molecule is Cn1nc(C(F)F)nc1C(=O)N[C@H]1CCn2nc(-c3ccnc(C(F)(F)F)c3)cc21. The number of hydrogen-bond acceptors (Lipinski definition) is 5. The largest absolute Gasteiger partial charge is 0.433 e. The van der Waals surface area contributed by atoms with Gasteiger partial charge in [-0.25, -0.2) is 18.4 Å². The molecule has 0 bridgehead atoms. The molecule has 1 aliphatic heterocycles. The van der Waals surface area contributed by atoms with Crippen molar-refractivity contribution in [2.45, 2.75) is 31.6 Å². The smallest absolute Gasteiger partial charge is 0.341 e. The first-order valence-corrected chi connectivity index (χ1v) is 8.75. The Morgan fingerprint density at radius 3 is 2.70 bits per heavy atom. The Balaban J connectivity index is 1.56. The van der Waals surface area contributed by atoms with E-state index in [9.17, 15) is 26.7 Å². The number of rotatable bonds is 4. The van der Waals surface area contributed by atoms with Crippen LogP contribution in [0.5, 0.6) is 0 Å². The number of hydrogen-bond donors (Lipinski definition) is 1. The predicted octanol–water partition coefficient (Wildman–Crippen LogP) is 2.90. The van der Waals surface area contributed by atoms with E-state index in [-0.39, 0.29) is 11.4 Å². The molecule has 4 rings (SSSR count). The van der Waals surface area contributed by atoms with Crippen LogP contribution >= 0.6 is 0 Å². The highest BCUT2D eigenvalue weighted by Crippen LogP contribution is 2.33. The number of alkyl halides is 5. The van der Waals surface area contributed by atoms with E-state index in [1.165, 1.54) is 13.1 Å². The Kier molecular flexibility index (Phi) is 4.74. The molecule has 30 heavy (non-hydrogen) atoms. The van der Waals surface area contributed by atoms with Crippen LogP contribution in [0.3, 0.4) is 0 Å². The van der Waals surface area contributed by atoms with E-state index in [1.807, 2.05) is 0 Å². The zero-order chi connectivity index (χ0) is 21.6. The van der Waals surface area contributed by atoms with Crippen molar-refractivity contribution in [2.24, 2.45) is 7.05 Å². The van der Waals surface area contributed by atoms with Crippen LogP contribution in [0, 0.1) is 0 Å². The third-order valence-electron chi connectivity index (χ3n) is 4.63. The number of carbonyl (C=O) groups is 1. The van der Waals surface area contributed by atoms with Crippen molar-refractivity contribution in [3.63, 3.8) is 0 Å². The first-order valence-electron chi connectivity index (χ1n) is 8.75. The highest BCUT2D eigenvalue weighted by molar-refractivity contribution is 5.91. The maximum absolute atomic E-state index is 12.9. The lowest BCUT2D eigenvalue weighted by Crippen LogP contribution is -2.29. The van der Waals surface area contributed by atoms with Gasteiger partial charge in [-0.2, -0.15) is 18.3 Å². The van der Waals surface area contributed by atoms with Crippen LogP contribution < -0.4 is 5.32 Å². The molecule has 0 unspecified atom stereocenters. The number of carbonyl (C=O) groups excluding carboxylic acids is 1. The lowest BCUT2D eigenvalue weighted by atomic mass is 10.1. The Morgan fingerprint density at radius 2 is 2.03 bits per heavy atom. The van der Waals surface area contributed by atoms with E-state index in [4.69, 9.17) is 0 Å². The molecule has 0 saturated carbocycles. The fourth-order valence-corrected chi connectivity index (χ4v) is 3.24. The summed E-state index contributed by atoms with van der Waals surface area (Å²) in [6.45, 7) is 0.429. The first kappa shape index (κ1) is 19.9. The van der Waals surface area contributed by atoms with Gasteiger partial charge in [-0.15, -0.1) is 5.10 Å². The molecule has 13 heteroatoms. The Bertz CT molecular complexity index is 1100. The number of fused-ring (bicyclic) bond motifs is 1. The lowest BCUT2D eigenvalue weighted by Gasteiger charge is -2.11. The number of halogens is 5. The molecule has 3 aromatic heterocycles. The van der Waals surface area contributed by atoms with Gasteiger partial charge in [0, 0.05) is 25.4 Å². The van der Waals surface area contributed by atoms with E-state index in [2.05, 4.69) is 25.5 Å². The second-order valence-corrected chi connectivity index (χ2v) is 6.64. The molecule has 0 aliphatic carbocycles. The Hall–Kier alpha value is -3.38. The van der Waals surface area contributed by atoms with Gasteiger partial charge in [-0.1, -0.05) is 0 Å². The average Bonchev–Trinajstić information content (AvgIpc) is 3.36. The summed E-state index contributed by atoms with van der Waals surface area (Å²) in [4.78, 5) is 19.3. The van der Waals surface area contributed by atoms with Crippen molar-refractivity contribution < 1.29 is 26.7 Å². The van der Waals surface area contributed by atoms with Crippen LogP contribution in [0.4, 0.5) is 22.0 Å². The van der Waals surface area contributed by atoms with Gasteiger partial charge in [0.2, 0.25) is 11.6 Å². The maximum atomic E-state index is 12.9. The minimum Gasteiger partial charge on any atom is -0.341 e. The summed E-state index contributed by atoms with van der Waals surface area (Å²) in [5.41, 5.74) is 0.0878. The summed E-state index contributed by atoms with van der Waals surface area (Å²) in [6.07, 6.45) is -5.95. The van der Waals surface area contributed by atoms with Crippen molar-refractivity contribution in [1.29, 1.82) is 0 Å². The monoisotopic (exact) mass is 427 g/mol. The van der Waals surface area contributed by atoms with Crippen molar-refractivity contribution in [1.82, 2.24) is 34.8 Å².